The van der Waals surface area contributed by atoms with Gasteiger partial charge in [-0.1, -0.05) is 27.2 Å². The molecular weight excluding hydrogens is 448 g/mol. The first-order valence-corrected chi connectivity index (χ1v) is 14.9. The van der Waals surface area contributed by atoms with E-state index in [1.54, 1.807) is 6.07 Å². The number of phenols is 1. The second-order valence-corrected chi connectivity index (χ2v) is 13.3. The summed E-state index contributed by atoms with van der Waals surface area (Å²) in [6.07, 6.45) is 13.5. The Labute approximate surface area is 218 Å². The molecule has 8 unspecified atom stereocenters. The minimum absolute atomic E-state index is 0.0725. The van der Waals surface area contributed by atoms with E-state index in [0.29, 0.717) is 47.4 Å². The molecule has 0 radical (unpaired) electrons. The number of aryl methyl sites for hydroxylation is 1. The Balaban J connectivity index is 1.32. The number of ether oxygens (including phenoxy) is 1. The van der Waals surface area contributed by atoms with Crippen LogP contribution in [0.2, 0.25) is 0 Å². The minimum Gasteiger partial charge on any atom is -0.508 e. The molecule has 0 heterocycles. The van der Waals surface area contributed by atoms with Gasteiger partial charge in [-0.25, -0.2) is 0 Å². The van der Waals surface area contributed by atoms with Gasteiger partial charge >= 0.3 is 0 Å². The first-order chi connectivity index (χ1) is 17.2. The summed E-state index contributed by atoms with van der Waals surface area (Å²) in [6.45, 7) is 7.72. The van der Waals surface area contributed by atoms with Gasteiger partial charge in [0, 0.05) is 18.9 Å². The second-order valence-electron chi connectivity index (χ2n) is 13.3. The SMILES string of the molecule is CCCCOc1cc(O)cc(CCCC2CC3CC(=O)CCC3(C)C3CCC4(C)C(O)CCC4C23)c1. The monoisotopic (exact) mass is 496 g/mol. The van der Waals surface area contributed by atoms with Gasteiger partial charge in [0.15, 0.2) is 0 Å². The van der Waals surface area contributed by atoms with E-state index in [4.69, 9.17) is 4.74 Å². The van der Waals surface area contributed by atoms with E-state index in [0.717, 1.165) is 69.1 Å². The lowest BCUT2D eigenvalue weighted by molar-refractivity contribution is -0.156. The van der Waals surface area contributed by atoms with Crippen molar-refractivity contribution < 1.29 is 19.7 Å². The predicted molar refractivity (Wildman–Crippen MR) is 143 cm³/mol. The largest absolute Gasteiger partial charge is 0.508 e. The first kappa shape index (κ1) is 26.1. The molecule has 36 heavy (non-hydrogen) atoms. The van der Waals surface area contributed by atoms with Crippen LogP contribution >= 0.6 is 0 Å². The van der Waals surface area contributed by atoms with Gasteiger partial charge in [0.2, 0.25) is 0 Å². The summed E-state index contributed by atoms with van der Waals surface area (Å²) in [6, 6.07) is 5.71. The molecule has 0 aromatic heterocycles. The van der Waals surface area contributed by atoms with Gasteiger partial charge in [-0.15, -0.1) is 0 Å². The normalized spacial score (nSPS) is 39.8. The zero-order chi connectivity index (χ0) is 25.5. The van der Waals surface area contributed by atoms with Gasteiger partial charge in [0.25, 0.3) is 0 Å². The van der Waals surface area contributed by atoms with Crippen LogP contribution in [0.15, 0.2) is 18.2 Å². The van der Waals surface area contributed by atoms with Crippen LogP contribution in [0.4, 0.5) is 0 Å². The van der Waals surface area contributed by atoms with Crippen molar-refractivity contribution in [1.82, 2.24) is 0 Å². The van der Waals surface area contributed by atoms with Gasteiger partial charge < -0.3 is 14.9 Å². The highest BCUT2D eigenvalue weighted by Gasteiger charge is 2.62. The van der Waals surface area contributed by atoms with Crippen LogP contribution in [0.5, 0.6) is 11.5 Å². The van der Waals surface area contributed by atoms with Crippen LogP contribution in [-0.4, -0.2) is 28.7 Å². The average Bonchev–Trinajstić information content (AvgIpc) is 3.14. The summed E-state index contributed by atoms with van der Waals surface area (Å²) < 4.78 is 5.87. The number of phenolic OH excluding ortho intramolecular Hbond substituents is 1. The van der Waals surface area contributed by atoms with E-state index in [1.165, 1.54) is 25.7 Å². The first-order valence-electron chi connectivity index (χ1n) is 14.9. The number of fused-ring (bicyclic) bond motifs is 5. The standard InChI is InChI=1S/C32H48O4/c1-4-5-15-36-26-17-21(16-25(34)20-26)7-6-8-22-18-23-19-24(33)11-13-31(23,2)28-12-14-32(3)27(30(22)28)9-10-29(32)35/h16-17,20,22-23,27-30,34-35H,4-15,18-19H2,1-3H3. The van der Waals surface area contributed by atoms with Crippen molar-refractivity contribution in [3.8, 4) is 11.5 Å². The molecule has 0 bridgehead atoms. The molecule has 0 amide bonds. The maximum atomic E-state index is 12.5. The van der Waals surface area contributed by atoms with E-state index in [2.05, 4.69) is 26.8 Å². The molecule has 4 nitrogen and oxygen atoms in total. The van der Waals surface area contributed by atoms with Gasteiger partial charge in [-0.3, -0.25) is 4.79 Å². The molecule has 5 rings (SSSR count). The lowest BCUT2D eigenvalue weighted by Crippen LogP contribution is -2.57. The summed E-state index contributed by atoms with van der Waals surface area (Å²) in [7, 11) is 0. The number of unbranched alkanes of at least 4 members (excludes halogenated alkanes) is 1. The molecule has 1 aromatic rings. The maximum Gasteiger partial charge on any atom is 0.133 e. The van der Waals surface area contributed by atoms with Crippen LogP contribution in [0.25, 0.3) is 0 Å². The summed E-state index contributed by atoms with van der Waals surface area (Å²) in [5, 5.41) is 21.2. The molecule has 4 aliphatic carbocycles. The predicted octanol–water partition coefficient (Wildman–Crippen LogP) is 7.09. The molecule has 4 heteroatoms. The molecule has 200 valence electrons. The Morgan fingerprint density at radius 2 is 1.83 bits per heavy atom. The molecule has 0 aliphatic heterocycles. The molecule has 0 saturated heterocycles. The van der Waals surface area contributed by atoms with Crippen molar-refractivity contribution in [3.05, 3.63) is 23.8 Å². The number of benzene rings is 1. The number of aliphatic hydroxyl groups is 1. The molecule has 4 saturated carbocycles. The fourth-order valence-corrected chi connectivity index (χ4v) is 9.26. The molecule has 2 N–H and O–H groups in total. The maximum absolute atomic E-state index is 12.5. The van der Waals surface area contributed by atoms with Crippen LogP contribution in [0, 0.1) is 40.4 Å². The summed E-state index contributed by atoms with van der Waals surface area (Å²) in [4.78, 5) is 12.5. The number of hydrogen-bond donors (Lipinski definition) is 2. The smallest absolute Gasteiger partial charge is 0.133 e. The lowest BCUT2D eigenvalue weighted by atomic mass is 9.42. The Bertz CT molecular complexity index is 942. The van der Waals surface area contributed by atoms with Gasteiger partial charge in [0.05, 0.1) is 12.7 Å². The number of hydrogen-bond acceptors (Lipinski definition) is 4. The van der Waals surface area contributed by atoms with Crippen LogP contribution in [0.1, 0.15) is 103 Å². The van der Waals surface area contributed by atoms with E-state index < -0.39 is 0 Å². The van der Waals surface area contributed by atoms with Crippen LogP contribution < -0.4 is 4.74 Å². The molecule has 1 aromatic carbocycles. The third-order valence-electron chi connectivity index (χ3n) is 11.4. The Hall–Kier alpha value is -1.55. The van der Waals surface area contributed by atoms with Gasteiger partial charge in [-0.2, -0.15) is 0 Å². The molecule has 4 fully saturated rings. The van der Waals surface area contributed by atoms with Crippen molar-refractivity contribution in [2.75, 3.05) is 6.61 Å². The summed E-state index contributed by atoms with van der Waals surface area (Å²) in [5.41, 5.74) is 1.51. The molecule has 8 atom stereocenters. The number of aliphatic hydroxyl groups excluding tert-OH is 1. The second kappa shape index (κ2) is 10.3. The number of aromatic hydroxyl groups is 1. The Kier molecular flexibility index (Phi) is 7.47. The highest BCUT2D eigenvalue weighted by molar-refractivity contribution is 5.79. The van der Waals surface area contributed by atoms with E-state index in [9.17, 15) is 15.0 Å². The molecule has 4 aliphatic rings. The highest BCUT2D eigenvalue weighted by Crippen LogP contribution is 2.67. The molecule has 0 spiro atoms. The number of carbonyl (C=O) groups is 1. The summed E-state index contributed by atoms with van der Waals surface area (Å²) >= 11 is 0. The fraction of sp³-hybridized carbons (Fsp3) is 0.781. The topological polar surface area (TPSA) is 66.8 Å². The van der Waals surface area contributed by atoms with E-state index in [-0.39, 0.29) is 17.3 Å². The number of rotatable bonds is 8. The van der Waals surface area contributed by atoms with E-state index >= 15 is 0 Å². The molecular formula is C32H48O4. The minimum atomic E-state index is -0.152. The summed E-state index contributed by atoms with van der Waals surface area (Å²) in [5.74, 6) is 4.68. The third kappa shape index (κ3) is 4.72. The Morgan fingerprint density at radius 1 is 1.03 bits per heavy atom. The zero-order valence-corrected chi connectivity index (χ0v) is 22.8. The average molecular weight is 497 g/mol. The zero-order valence-electron chi connectivity index (χ0n) is 22.8. The van der Waals surface area contributed by atoms with Crippen LogP contribution in [0.3, 0.4) is 0 Å². The van der Waals surface area contributed by atoms with Crippen molar-refractivity contribution >= 4 is 5.78 Å². The number of carbonyl (C=O) groups excluding carboxylic acids is 1. The van der Waals surface area contributed by atoms with Crippen molar-refractivity contribution in [2.24, 2.45) is 40.4 Å². The van der Waals surface area contributed by atoms with Crippen molar-refractivity contribution in [3.63, 3.8) is 0 Å². The van der Waals surface area contributed by atoms with Crippen molar-refractivity contribution in [2.45, 2.75) is 110 Å². The van der Waals surface area contributed by atoms with E-state index in [1.807, 2.05) is 6.07 Å². The number of Topliss-reactive ketones (excluding diaryl/α,β-unsaturated/α-hetero) is 1. The highest BCUT2D eigenvalue weighted by atomic mass is 16.5. The van der Waals surface area contributed by atoms with Crippen molar-refractivity contribution in [1.29, 1.82) is 0 Å². The fourth-order valence-electron chi connectivity index (χ4n) is 9.26. The quantitative estimate of drug-likeness (QED) is 0.377. The lowest BCUT2D eigenvalue weighted by Gasteiger charge is -2.62. The third-order valence-corrected chi connectivity index (χ3v) is 11.4. The Morgan fingerprint density at radius 3 is 2.64 bits per heavy atom. The number of ketones is 1. The van der Waals surface area contributed by atoms with Crippen LogP contribution in [-0.2, 0) is 11.2 Å². The van der Waals surface area contributed by atoms with Gasteiger partial charge in [-0.05, 0) is 122 Å². The van der Waals surface area contributed by atoms with Gasteiger partial charge in [0.1, 0.15) is 17.3 Å².